The number of hydrogen-bond acceptors (Lipinski definition) is 2. The summed E-state index contributed by atoms with van der Waals surface area (Å²) < 4.78 is 12.5. The minimum absolute atomic E-state index is 0.0718. The third kappa shape index (κ3) is 0.932. The lowest BCUT2D eigenvalue weighted by molar-refractivity contribution is -0.166. The molecule has 2 aliphatic carbocycles. The van der Waals surface area contributed by atoms with Crippen LogP contribution in [0, 0.1) is 11.3 Å². The van der Waals surface area contributed by atoms with Crippen LogP contribution in [-0.2, 0) is 9.47 Å². The van der Waals surface area contributed by atoms with Crippen LogP contribution < -0.4 is 0 Å². The Kier molecular flexibility index (Phi) is 1.55. The van der Waals surface area contributed by atoms with E-state index in [9.17, 15) is 0 Å². The first-order valence-corrected chi connectivity index (χ1v) is 6.83. The largest absolute Gasteiger partial charge is 0.366 e. The van der Waals surface area contributed by atoms with Gasteiger partial charge in [-0.2, -0.15) is 0 Å². The Morgan fingerprint density at radius 2 is 1.81 bits per heavy atom. The molecule has 0 radical (unpaired) electrons. The van der Waals surface area contributed by atoms with Crippen molar-refractivity contribution in [3.05, 3.63) is 0 Å². The molecule has 0 aromatic heterocycles. The molecule has 2 aliphatic heterocycles. The minimum atomic E-state index is 0.0718. The highest BCUT2D eigenvalue weighted by Gasteiger charge is 2.73. The standard InChI is InChI=1S/C14H22O2/c1-12(2)9-4-6-13(3)7-5-10-11(15-10)14(13,8-9)16-12/h9-11H,4-8H2,1-3H3/t9-,10?,11+,13-,14-/m1/s1. The van der Waals surface area contributed by atoms with Crippen molar-refractivity contribution in [3.63, 3.8) is 0 Å². The van der Waals surface area contributed by atoms with E-state index in [1.807, 2.05) is 0 Å². The quantitative estimate of drug-likeness (QED) is 0.588. The van der Waals surface area contributed by atoms with E-state index in [1.165, 1.54) is 32.1 Å². The number of fused-ring (bicyclic) bond motifs is 2. The Morgan fingerprint density at radius 3 is 2.62 bits per heavy atom. The molecule has 2 bridgehead atoms. The van der Waals surface area contributed by atoms with Crippen LogP contribution in [0.1, 0.15) is 52.9 Å². The van der Waals surface area contributed by atoms with E-state index >= 15 is 0 Å². The molecule has 1 unspecified atom stereocenters. The fourth-order valence-corrected chi connectivity index (χ4v) is 4.82. The second kappa shape index (κ2) is 2.51. The monoisotopic (exact) mass is 222 g/mol. The number of rotatable bonds is 0. The smallest absolute Gasteiger partial charge is 0.114 e. The van der Waals surface area contributed by atoms with Gasteiger partial charge >= 0.3 is 0 Å². The molecule has 4 fully saturated rings. The predicted octanol–water partition coefficient (Wildman–Crippen LogP) is 2.90. The normalized spacial score (nSPS) is 61.3. The van der Waals surface area contributed by atoms with E-state index in [-0.39, 0.29) is 11.2 Å². The Balaban J connectivity index is 1.81. The highest BCUT2D eigenvalue weighted by atomic mass is 16.6. The van der Waals surface area contributed by atoms with Crippen LogP contribution in [0.2, 0.25) is 0 Å². The highest BCUT2D eigenvalue weighted by Crippen LogP contribution is 2.67. The zero-order valence-corrected chi connectivity index (χ0v) is 10.6. The van der Waals surface area contributed by atoms with Crippen LogP contribution in [-0.4, -0.2) is 23.4 Å². The Morgan fingerprint density at radius 1 is 1.06 bits per heavy atom. The van der Waals surface area contributed by atoms with E-state index in [0.717, 1.165) is 5.92 Å². The van der Waals surface area contributed by atoms with Gasteiger partial charge in [0.15, 0.2) is 0 Å². The van der Waals surface area contributed by atoms with Gasteiger partial charge in [0.25, 0.3) is 0 Å². The third-order valence-corrected chi connectivity index (χ3v) is 6.07. The molecule has 2 heteroatoms. The fourth-order valence-electron chi connectivity index (χ4n) is 4.82. The lowest BCUT2D eigenvalue weighted by Gasteiger charge is -2.50. The number of hydrogen-bond donors (Lipinski definition) is 0. The van der Waals surface area contributed by atoms with Gasteiger partial charge in [-0.15, -0.1) is 0 Å². The van der Waals surface area contributed by atoms with Gasteiger partial charge in [0.1, 0.15) is 11.7 Å². The maximum atomic E-state index is 6.60. The molecule has 0 aromatic carbocycles. The molecule has 90 valence electrons. The van der Waals surface area contributed by atoms with Crippen LogP contribution in [0.15, 0.2) is 0 Å². The molecule has 16 heavy (non-hydrogen) atoms. The second-order valence-corrected chi connectivity index (χ2v) is 7.23. The molecule has 0 aromatic rings. The summed E-state index contributed by atoms with van der Waals surface area (Å²) in [5.74, 6) is 0.753. The van der Waals surface area contributed by atoms with Gasteiger partial charge in [-0.1, -0.05) is 6.92 Å². The first-order chi connectivity index (χ1) is 7.47. The van der Waals surface area contributed by atoms with Gasteiger partial charge in [0.2, 0.25) is 0 Å². The van der Waals surface area contributed by atoms with E-state index in [4.69, 9.17) is 9.47 Å². The van der Waals surface area contributed by atoms with E-state index in [2.05, 4.69) is 20.8 Å². The van der Waals surface area contributed by atoms with Crippen molar-refractivity contribution in [2.45, 2.75) is 76.3 Å². The van der Waals surface area contributed by atoms with Crippen LogP contribution in [0.3, 0.4) is 0 Å². The van der Waals surface area contributed by atoms with Gasteiger partial charge in [0, 0.05) is 0 Å². The summed E-state index contributed by atoms with van der Waals surface area (Å²) in [6.45, 7) is 7.01. The van der Waals surface area contributed by atoms with Crippen LogP contribution in [0.5, 0.6) is 0 Å². The minimum Gasteiger partial charge on any atom is -0.366 e. The molecule has 4 aliphatic rings. The molecule has 0 N–H and O–H groups in total. The fraction of sp³-hybridized carbons (Fsp3) is 1.00. The summed E-state index contributed by atoms with van der Waals surface area (Å²) in [6.07, 6.45) is 7.46. The van der Waals surface area contributed by atoms with Gasteiger partial charge < -0.3 is 9.47 Å². The summed E-state index contributed by atoms with van der Waals surface area (Å²) in [5.41, 5.74) is 0.531. The molecular weight excluding hydrogens is 200 g/mol. The summed E-state index contributed by atoms with van der Waals surface area (Å²) in [6, 6.07) is 0. The zero-order valence-electron chi connectivity index (χ0n) is 10.6. The average Bonchev–Trinajstić information content (AvgIpc) is 2.94. The average molecular weight is 222 g/mol. The van der Waals surface area contributed by atoms with Crippen molar-refractivity contribution >= 4 is 0 Å². The topological polar surface area (TPSA) is 21.8 Å². The molecule has 1 spiro atoms. The Hall–Kier alpha value is -0.0800. The molecule has 2 saturated heterocycles. The van der Waals surface area contributed by atoms with Crippen molar-refractivity contribution < 1.29 is 9.47 Å². The van der Waals surface area contributed by atoms with E-state index in [1.54, 1.807) is 0 Å². The van der Waals surface area contributed by atoms with Gasteiger partial charge in [0.05, 0.1) is 11.7 Å². The Bertz CT molecular complexity index is 351. The van der Waals surface area contributed by atoms with Crippen molar-refractivity contribution in [3.8, 4) is 0 Å². The predicted molar refractivity (Wildman–Crippen MR) is 61.2 cm³/mol. The first-order valence-electron chi connectivity index (χ1n) is 6.83. The maximum absolute atomic E-state index is 6.60. The van der Waals surface area contributed by atoms with Crippen LogP contribution in [0.4, 0.5) is 0 Å². The van der Waals surface area contributed by atoms with E-state index in [0.29, 0.717) is 17.6 Å². The molecule has 0 amide bonds. The molecule has 2 nitrogen and oxygen atoms in total. The summed E-state index contributed by atoms with van der Waals surface area (Å²) in [7, 11) is 0. The Labute approximate surface area is 97.7 Å². The second-order valence-electron chi connectivity index (χ2n) is 7.23. The van der Waals surface area contributed by atoms with Gasteiger partial charge in [-0.05, 0) is 57.3 Å². The van der Waals surface area contributed by atoms with Crippen molar-refractivity contribution in [1.29, 1.82) is 0 Å². The molecular formula is C14H22O2. The number of epoxide rings is 1. The molecule has 5 atom stereocenters. The summed E-state index contributed by atoms with van der Waals surface area (Å²) in [5, 5.41) is 0. The van der Waals surface area contributed by atoms with Crippen molar-refractivity contribution in [1.82, 2.24) is 0 Å². The highest BCUT2D eigenvalue weighted by molar-refractivity contribution is 5.21. The van der Waals surface area contributed by atoms with E-state index < -0.39 is 0 Å². The van der Waals surface area contributed by atoms with Gasteiger partial charge in [-0.3, -0.25) is 0 Å². The van der Waals surface area contributed by atoms with Crippen LogP contribution >= 0.6 is 0 Å². The lowest BCUT2D eigenvalue weighted by atomic mass is 9.56. The van der Waals surface area contributed by atoms with Crippen molar-refractivity contribution in [2.75, 3.05) is 0 Å². The number of ether oxygens (including phenoxy) is 2. The maximum Gasteiger partial charge on any atom is 0.114 e. The first kappa shape index (κ1) is 9.90. The SMILES string of the molecule is CC1(C)O[C@@]23C[C@H]1CC[C@]2(C)CCC1O[C@@H]13. The van der Waals surface area contributed by atoms with Crippen molar-refractivity contribution in [2.24, 2.45) is 11.3 Å². The summed E-state index contributed by atoms with van der Waals surface area (Å²) in [4.78, 5) is 0. The molecule has 2 saturated carbocycles. The lowest BCUT2D eigenvalue weighted by Crippen LogP contribution is -2.55. The third-order valence-electron chi connectivity index (χ3n) is 6.07. The summed E-state index contributed by atoms with van der Waals surface area (Å²) >= 11 is 0. The molecule has 4 rings (SSSR count). The van der Waals surface area contributed by atoms with Crippen LogP contribution in [0.25, 0.3) is 0 Å². The van der Waals surface area contributed by atoms with Gasteiger partial charge in [-0.25, -0.2) is 0 Å². The molecule has 2 heterocycles. The zero-order chi connectivity index (χ0) is 11.2.